The predicted octanol–water partition coefficient (Wildman–Crippen LogP) is 4.33. The number of aryl methyl sites for hydroxylation is 1. The molecule has 4 N–H and O–H groups in total. The Bertz CT molecular complexity index is 1500. The van der Waals surface area contributed by atoms with E-state index >= 15 is 0 Å². The zero-order valence-corrected chi connectivity index (χ0v) is 20.3. The molecule has 0 amide bonds. The number of fused-ring (bicyclic) bond motifs is 2. The number of aliphatic carboxylic acids is 1. The number of pyridine rings is 1. The summed E-state index contributed by atoms with van der Waals surface area (Å²) >= 11 is 0. The van der Waals surface area contributed by atoms with Crippen molar-refractivity contribution < 1.29 is 27.6 Å². The smallest absolute Gasteiger partial charge is 0.310 e. The van der Waals surface area contributed by atoms with Gasteiger partial charge in [0.25, 0.3) is 10.0 Å². The zero-order valence-electron chi connectivity index (χ0n) is 19.5. The lowest BCUT2D eigenvalue weighted by Crippen LogP contribution is -2.13. The molecule has 3 heterocycles. The number of nitrogens with one attached hydrogen (secondary N) is 1. The van der Waals surface area contributed by atoms with Crippen LogP contribution in [0.3, 0.4) is 0 Å². The van der Waals surface area contributed by atoms with Crippen LogP contribution in [0.1, 0.15) is 35.3 Å². The van der Waals surface area contributed by atoms with Crippen LogP contribution in [0.2, 0.25) is 0 Å². The molecule has 0 aliphatic carbocycles. The topological polar surface area (TPSA) is 158 Å². The molecule has 4 aromatic rings. The lowest BCUT2D eigenvalue weighted by atomic mass is 9.95. The normalized spacial score (nSPS) is 12.7. The standard InChI is InChI=1S/C15H13NO3.C10H11N3O3S/c1-9(15(17)18)10-4-5-13-12(7-10)8-11-3-2-6-16-14(11)19-13;1-7-6-10(12-16-7)13-17(14,15)9-4-2-8(11)3-5-9/h2-7,9H,8H2,1H3,(H,17,18);2-6H,11H2,1H3,(H,12,13). The Morgan fingerprint density at radius 2 is 1.86 bits per heavy atom. The van der Waals surface area contributed by atoms with Gasteiger partial charge in [0.05, 0.1) is 10.8 Å². The first-order valence-corrected chi connectivity index (χ1v) is 12.4. The fourth-order valence-corrected chi connectivity index (χ4v) is 4.45. The van der Waals surface area contributed by atoms with E-state index in [4.69, 9.17) is 20.1 Å². The Morgan fingerprint density at radius 3 is 2.53 bits per heavy atom. The molecular formula is C25H24N4O6S. The SMILES string of the molecule is CC(C(=O)O)c1ccc2c(c1)Cc1cccnc1O2.Cc1cc(NS(=O)(=O)c2ccc(N)cc2)no1. The van der Waals surface area contributed by atoms with E-state index in [1.165, 1.54) is 30.3 Å². The Hall–Kier alpha value is -4.38. The molecule has 1 atom stereocenters. The number of nitrogens with zero attached hydrogens (tertiary/aromatic N) is 2. The van der Waals surface area contributed by atoms with Gasteiger partial charge in [-0.15, -0.1) is 0 Å². The van der Waals surface area contributed by atoms with Crippen LogP contribution in [0.25, 0.3) is 0 Å². The summed E-state index contributed by atoms with van der Waals surface area (Å²) in [5, 5.41) is 12.6. The third-order valence-corrected chi connectivity index (χ3v) is 6.82. The molecule has 36 heavy (non-hydrogen) atoms. The third kappa shape index (κ3) is 5.63. The van der Waals surface area contributed by atoms with E-state index in [9.17, 15) is 13.2 Å². The zero-order chi connectivity index (χ0) is 25.9. The van der Waals surface area contributed by atoms with Gasteiger partial charge in [0.15, 0.2) is 5.82 Å². The van der Waals surface area contributed by atoms with Crippen molar-refractivity contribution in [2.24, 2.45) is 0 Å². The first-order chi connectivity index (χ1) is 17.1. The van der Waals surface area contributed by atoms with Crippen molar-refractivity contribution in [2.75, 3.05) is 10.5 Å². The van der Waals surface area contributed by atoms with Gasteiger partial charge < -0.3 is 20.1 Å². The molecule has 186 valence electrons. The van der Waals surface area contributed by atoms with Crippen LogP contribution in [0.5, 0.6) is 11.6 Å². The number of nitrogens with two attached hydrogens (primary N) is 1. The van der Waals surface area contributed by atoms with Crippen molar-refractivity contribution in [1.29, 1.82) is 0 Å². The summed E-state index contributed by atoms with van der Waals surface area (Å²) in [7, 11) is -3.64. The second-order valence-electron chi connectivity index (χ2n) is 8.17. The summed E-state index contributed by atoms with van der Waals surface area (Å²) < 4.78 is 36.6. The highest BCUT2D eigenvalue weighted by molar-refractivity contribution is 7.92. The molecule has 0 spiro atoms. The van der Waals surface area contributed by atoms with Crippen molar-refractivity contribution in [3.05, 3.63) is 89.3 Å². The van der Waals surface area contributed by atoms with Crippen LogP contribution in [0, 0.1) is 6.92 Å². The van der Waals surface area contributed by atoms with Crippen LogP contribution in [0.4, 0.5) is 11.5 Å². The minimum atomic E-state index is -3.64. The minimum Gasteiger partial charge on any atom is -0.481 e. The maximum Gasteiger partial charge on any atom is 0.310 e. The summed E-state index contributed by atoms with van der Waals surface area (Å²) in [6.07, 6.45) is 2.42. The molecule has 0 fully saturated rings. The summed E-state index contributed by atoms with van der Waals surface area (Å²) in [5.74, 6) is 0.736. The van der Waals surface area contributed by atoms with E-state index in [1.54, 1.807) is 26.1 Å². The average molecular weight is 509 g/mol. The number of rotatable bonds is 5. The van der Waals surface area contributed by atoms with Crippen LogP contribution >= 0.6 is 0 Å². The van der Waals surface area contributed by atoms with Gasteiger partial charge in [-0.1, -0.05) is 23.4 Å². The molecule has 0 bridgehead atoms. The summed E-state index contributed by atoms with van der Waals surface area (Å²) in [6, 6.07) is 16.7. The largest absolute Gasteiger partial charge is 0.481 e. The molecule has 2 aromatic heterocycles. The van der Waals surface area contributed by atoms with E-state index in [-0.39, 0.29) is 10.7 Å². The first-order valence-electron chi connectivity index (χ1n) is 10.9. The van der Waals surface area contributed by atoms with Gasteiger partial charge in [-0.05, 0) is 61.4 Å². The quantitative estimate of drug-likeness (QED) is 0.294. The van der Waals surface area contributed by atoms with Gasteiger partial charge in [0, 0.05) is 29.9 Å². The second-order valence-corrected chi connectivity index (χ2v) is 9.85. The van der Waals surface area contributed by atoms with Crippen LogP contribution in [-0.2, 0) is 21.2 Å². The Morgan fingerprint density at radius 1 is 1.11 bits per heavy atom. The molecular weight excluding hydrogens is 484 g/mol. The number of ether oxygens (including phenoxy) is 1. The lowest BCUT2D eigenvalue weighted by molar-refractivity contribution is -0.138. The number of sulfonamides is 1. The maximum atomic E-state index is 11.9. The average Bonchev–Trinajstić information content (AvgIpc) is 3.26. The fraction of sp³-hybridized carbons (Fsp3) is 0.160. The Balaban J connectivity index is 0.000000170. The van der Waals surface area contributed by atoms with E-state index in [0.29, 0.717) is 17.3 Å². The van der Waals surface area contributed by atoms with Crippen molar-refractivity contribution in [3.8, 4) is 11.6 Å². The number of benzene rings is 2. The fourth-order valence-electron chi connectivity index (χ4n) is 3.47. The number of carboxylic acids is 1. The van der Waals surface area contributed by atoms with Crippen LogP contribution in [0.15, 0.2) is 76.3 Å². The molecule has 0 saturated carbocycles. The van der Waals surface area contributed by atoms with Crippen LogP contribution in [-0.4, -0.2) is 29.6 Å². The number of nitrogen functional groups attached to an aromatic ring is 1. The van der Waals surface area contributed by atoms with Crippen molar-refractivity contribution >= 4 is 27.5 Å². The Kier molecular flexibility index (Phi) is 6.93. The number of hydrogen-bond donors (Lipinski definition) is 3. The molecule has 10 nitrogen and oxygen atoms in total. The molecule has 0 radical (unpaired) electrons. The number of carbonyl (C=O) groups is 1. The molecule has 5 rings (SSSR count). The molecule has 0 saturated heterocycles. The molecule has 11 heteroatoms. The van der Waals surface area contributed by atoms with E-state index in [1.807, 2.05) is 24.3 Å². The van der Waals surface area contributed by atoms with E-state index < -0.39 is 21.9 Å². The molecule has 1 aliphatic rings. The van der Waals surface area contributed by atoms with Crippen molar-refractivity contribution in [1.82, 2.24) is 10.1 Å². The number of aromatic nitrogens is 2. The highest BCUT2D eigenvalue weighted by atomic mass is 32.2. The van der Waals surface area contributed by atoms with Crippen molar-refractivity contribution in [3.63, 3.8) is 0 Å². The van der Waals surface area contributed by atoms with Gasteiger partial charge >= 0.3 is 5.97 Å². The number of carboxylic acid groups (broad SMARTS) is 1. The Labute approximate surface area is 207 Å². The van der Waals surface area contributed by atoms with Crippen LogP contribution < -0.4 is 15.2 Å². The van der Waals surface area contributed by atoms with Gasteiger partial charge in [-0.3, -0.25) is 9.52 Å². The number of anilines is 2. The molecule has 2 aromatic carbocycles. The van der Waals surface area contributed by atoms with Gasteiger partial charge in [-0.25, -0.2) is 13.4 Å². The molecule has 1 aliphatic heterocycles. The summed E-state index contributed by atoms with van der Waals surface area (Å²) in [5.41, 5.74) is 8.81. The highest BCUT2D eigenvalue weighted by Gasteiger charge is 2.21. The predicted molar refractivity (Wildman–Crippen MR) is 133 cm³/mol. The number of hydrogen-bond acceptors (Lipinski definition) is 8. The highest BCUT2D eigenvalue weighted by Crippen LogP contribution is 2.36. The van der Waals surface area contributed by atoms with E-state index in [2.05, 4.69) is 14.9 Å². The van der Waals surface area contributed by atoms with Gasteiger partial charge in [0.2, 0.25) is 5.88 Å². The molecule has 1 unspecified atom stereocenters. The second kappa shape index (κ2) is 10.1. The van der Waals surface area contributed by atoms with Gasteiger partial charge in [0.1, 0.15) is 11.5 Å². The minimum absolute atomic E-state index is 0.118. The van der Waals surface area contributed by atoms with E-state index in [0.717, 1.165) is 28.9 Å². The summed E-state index contributed by atoms with van der Waals surface area (Å²) in [6.45, 7) is 3.36. The summed E-state index contributed by atoms with van der Waals surface area (Å²) in [4.78, 5) is 15.3. The lowest BCUT2D eigenvalue weighted by Gasteiger charge is -2.20. The van der Waals surface area contributed by atoms with Crippen molar-refractivity contribution in [2.45, 2.75) is 31.1 Å². The van der Waals surface area contributed by atoms with Gasteiger partial charge in [-0.2, -0.15) is 0 Å². The first kappa shape index (κ1) is 24.7. The third-order valence-electron chi connectivity index (χ3n) is 5.45. The monoisotopic (exact) mass is 508 g/mol. The maximum absolute atomic E-state index is 11.9.